The van der Waals surface area contributed by atoms with Crippen LogP contribution in [0, 0.1) is 5.82 Å². The molecule has 0 spiro atoms. The summed E-state index contributed by atoms with van der Waals surface area (Å²) in [7, 11) is 1.60. The Kier molecular flexibility index (Phi) is 6.06. The number of carbonyl (C=O) groups excluding carboxylic acids is 2. The van der Waals surface area contributed by atoms with Crippen molar-refractivity contribution in [2.45, 2.75) is 38.4 Å². The normalized spacial score (nSPS) is 16.9. The molecule has 142 valence electrons. The number of nitrogens with one attached hydrogen (secondary N) is 1. The van der Waals surface area contributed by atoms with Crippen LogP contribution in [-0.4, -0.2) is 29.9 Å². The van der Waals surface area contributed by atoms with Crippen LogP contribution in [-0.2, 0) is 22.7 Å². The van der Waals surface area contributed by atoms with Crippen LogP contribution in [0.1, 0.15) is 30.4 Å². The third-order valence-corrected chi connectivity index (χ3v) is 4.76. The monoisotopic (exact) mass is 370 g/mol. The molecule has 1 fully saturated rings. The predicted octanol–water partition coefficient (Wildman–Crippen LogP) is 3.03. The average Bonchev–Trinajstić information content (AvgIpc) is 2.69. The molecule has 0 aromatic heterocycles. The Balaban J connectivity index is 1.64. The van der Waals surface area contributed by atoms with Gasteiger partial charge in [-0.2, -0.15) is 0 Å². The van der Waals surface area contributed by atoms with Crippen LogP contribution in [0.5, 0.6) is 5.75 Å². The Morgan fingerprint density at radius 1 is 1.15 bits per heavy atom. The number of piperidine rings is 1. The summed E-state index contributed by atoms with van der Waals surface area (Å²) in [6, 6.07) is 13.0. The number of halogens is 1. The fraction of sp³-hybridized carbons (Fsp3) is 0.333. The van der Waals surface area contributed by atoms with Crippen LogP contribution in [0.25, 0.3) is 0 Å². The maximum atomic E-state index is 13.1. The first-order valence-electron chi connectivity index (χ1n) is 9.01. The molecule has 27 heavy (non-hydrogen) atoms. The molecule has 0 saturated carbocycles. The van der Waals surface area contributed by atoms with Gasteiger partial charge in [-0.15, -0.1) is 0 Å². The molecule has 1 aliphatic heterocycles. The van der Waals surface area contributed by atoms with Crippen LogP contribution in [0.15, 0.2) is 48.5 Å². The van der Waals surface area contributed by atoms with Crippen LogP contribution in [0.3, 0.4) is 0 Å². The minimum absolute atomic E-state index is 0.0461. The zero-order chi connectivity index (χ0) is 19.2. The lowest BCUT2D eigenvalue weighted by molar-refractivity contribution is -0.144. The Hall–Kier alpha value is -2.89. The van der Waals surface area contributed by atoms with Gasteiger partial charge >= 0.3 is 0 Å². The van der Waals surface area contributed by atoms with Crippen LogP contribution in [0.2, 0.25) is 0 Å². The van der Waals surface area contributed by atoms with Crippen molar-refractivity contribution in [1.82, 2.24) is 10.2 Å². The van der Waals surface area contributed by atoms with Crippen LogP contribution < -0.4 is 10.1 Å². The van der Waals surface area contributed by atoms with Gasteiger partial charge in [-0.3, -0.25) is 9.59 Å². The first-order chi connectivity index (χ1) is 13.1. The molecular formula is C21H23FN2O3. The van der Waals surface area contributed by atoms with Gasteiger partial charge in [-0.05, 0) is 48.2 Å². The van der Waals surface area contributed by atoms with E-state index in [0.717, 1.165) is 16.9 Å². The standard InChI is InChI=1S/C21H23FN2O3/c1-27-18-11-7-15(8-12-18)13-23-21(26)19-3-2-4-20(25)24(19)14-16-5-9-17(22)10-6-16/h5-12,19H,2-4,13-14H2,1H3,(H,23,26). The second-order valence-electron chi connectivity index (χ2n) is 6.62. The molecule has 6 heteroatoms. The van der Waals surface area contributed by atoms with E-state index in [-0.39, 0.29) is 17.6 Å². The first-order valence-corrected chi connectivity index (χ1v) is 9.01. The smallest absolute Gasteiger partial charge is 0.243 e. The fourth-order valence-corrected chi connectivity index (χ4v) is 3.23. The fourth-order valence-electron chi connectivity index (χ4n) is 3.23. The molecule has 0 radical (unpaired) electrons. The molecule has 2 amide bonds. The topological polar surface area (TPSA) is 58.6 Å². The Labute approximate surface area is 158 Å². The summed E-state index contributed by atoms with van der Waals surface area (Å²) in [6.07, 6.45) is 1.75. The first kappa shape index (κ1) is 18.9. The number of methoxy groups -OCH3 is 1. The lowest BCUT2D eigenvalue weighted by Crippen LogP contribution is -2.51. The highest BCUT2D eigenvalue weighted by molar-refractivity contribution is 5.88. The van der Waals surface area contributed by atoms with Gasteiger partial charge in [0.2, 0.25) is 11.8 Å². The zero-order valence-electron chi connectivity index (χ0n) is 15.3. The van der Waals surface area contributed by atoms with Crippen molar-refractivity contribution in [2.75, 3.05) is 7.11 Å². The Morgan fingerprint density at radius 2 is 1.81 bits per heavy atom. The van der Waals surface area contributed by atoms with E-state index in [9.17, 15) is 14.0 Å². The van der Waals surface area contributed by atoms with Gasteiger partial charge in [0.25, 0.3) is 0 Å². The number of carbonyl (C=O) groups is 2. The van der Waals surface area contributed by atoms with Crippen molar-refractivity contribution in [1.29, 1.82) is 0 Å². The number of hydrogen-bond acceptors (Lipinski definition) is 3. The van der Waals surface area contributed by atoms with Crippen LogP contribution >= 0.6 is 0 Å². The molecule has 3 rings (SSSR count). The van der Waals surface area contributed by atoms with Gasteiger partial charge in [0.05, 0.1) is 7.11 Å². The lowest BCUT2D eigenvalue weighted by Gasteiger charge is -2.34. The van der Waals surface area contributed by atoms with Crippen molar-refractivity contribution in [2.24, 2.45) is 0 Å². The van der Waals surface area contributed by atoms with Crippen molar-refractivity contribution in [3.05, 3.63) is 65.5 Å². The van der Waals surface area contributed by atoms with Gasteiger partial charge in [-0.25, -0.2) is 4.39 Å². The molecule has 1 atom stereocenters. The number of ether oxygens (including phenoxy) is 1. The van der Waals surface area contributed by atoms with E-state index >= 15 is 0 Å². The highest BCUT2D eigenvalue weighted by Gasteiger charge is 2.33. The highest BCUT2D eigenvalue weighted by Crippen LogP contribution is 2.21. The SMILES string of the molecule is COc1ccc(CNC(=O)C2CCCC(=O)N2Cc2ccc(F)cc2)cc1. The summed E-state index contributed by atoms with van der Waals surface area (Å²) in [5, 5.41) is 2.92. The molecule has 2 aromatic carbocycles. The summed E-state index contributed by atoms with van der Waals surface area (Å²) < 4.78 is 18.2. The highest BCUT2D eigenvalue weighted by atomic mass is 19.1. The van der Waals surface area contributed by atoms with Gasteiger partial charge in [0.15, 0.2) is 0 Å². The Bertz CT molecular complexity index is 790. The third-order valence-electron chi connectivity index (χ3n) is 4.76. The molecule has 1 N–H and O–H groups in total. The zero-order valence-corrected chi connectivity index (χ0v) is 15.3. The molecule has 1 saturated heterocycles. The summed E-state index contributed by atoms with van der Waals surface area (Å²) in [5.41, 5.74) is 1.76. The van der Waals surface area contributed by atoms with Gasteiger partial charge in [0, 0.05) is 19.5 Å². The van der Waals surface area contributed by atoms with Gasteiger partial charge < -0.3 is 15.0 Å². The maximum Gasteiger partial charge on any atom is 0.243 e. The number of benzene rings is 2. The lowest BCUT2D eigenvalue weighted by atomic mass is 9.99. The van der Waals surface area contributed by atoms with E-state index in [1.54, 1.807) is 24.1 Å². The quantitative estimate of drug-likeness (QED) is 0.850. The van der Waals surface area contributed by atoms with Crippen molar-refractivity contribution in [3.8, 4) is 5.75 Å². The average molecular weight is 370 g/mol. The molecule has 2 aromatic rings. The van der Waals surface area contributed by atoms with Crippen molar-refractivity contribution < 1.29 is 18.7 Å². The molecule has 5 nitrogen and oxygen atoms in total. The number of rotatable bonds is 6. The molecule has 1 unspecified atom stereocenters. The van der Waals surface area contributed by atoms with E-state index in [2.05, 4.69) is 5.32 Å². The van der Waals surface area contributed by atoms with Gasteiger partial charge in [0.1, 0.15) is 17.6 Å². The third kappa shape index (κ3) is 4.84. The molecule has 1 heterocycles. The van der Waals surface area contributed by atoms with E-state index in [0.29, 0.717) is 32.4 Å². The second-order valence-corrected chi connectivity index (χ2v) is 6.62. The van der Waals surface area contributed by atoms with E-state index < -0.39 is 6.04 Å². The molecular weight excluding hydrogens is 347 g/mol. The predicted molar refractivity (Wildman–Crippen MR) is 99.4 cm³/mol. The molecule has 0 aliphatic carbocycles. The summed E-state index contributed by atoms with van der Waals surface area (Å²) in [5.74, 6) is 0.224. The maximum absolute atomic E-state index is 13.1. The summed E-state index contributed by atoms with van der Waals surface area (Å²) >= 11 is 0. The summed E-state index contributed by atoms with van der Waals surface area (Å²) in [6.45, 7) is 0.692. The minimum atomic E-state index is -0.505. The largest absolute Gasteiger partial charge is 0.497 e. The summed E-state index contributed by atoms with van der Waals surface area (Å²) in [4.78, 5) is 26.7. The van der Waals surface area contributed by atoms with Crippen LogP contribution in [0.4, 0.5) is 4.39 Å². The van der Waals surface area contributed by atoms with Crippen molar-refractivity contribution in [3.63, 3.8) is 0 Å². The number of amides is 2. The van der Waals surface area contributed by atoms with E-state index in [1.807, 2.05) is 24.3 Å². The second kappa shape index (κ2) is 8.66. The van der Waals surface area contributed by atoms with Gasteiger partial charge in [-0.1, -0.05) is 24.3 Å². The Morgan fingerprint density at radius 3 is 2.48 bits per heavy atom. The minimum Gasteiger partial charge on any atom is -0.497 e. The molecule has 0 bridgehead atoms. The van der Waals surface area contributed by atoms with E-state index in [4.69, 9.17) is 4.74 Å². The number of likely N-dealkylation sites (tertiary alicyclic amines) is 1. The number of hydrogen-bond donors (Lipinski definition) is 1. The van der Waals surface area contributed by atoms with E-state index in [1.165, 1.54) is 12.1 Å². The van der Waals surface area contributed by atoms with Crippen molar-refractivity contribution >= 4 is 11.8 Å². The number of nitrogens with zero attached hydrogens (tertiary/aromatic N) is 1. The molecule has 1 aliphatic rings.